The highest BCUT2D eigenvalue weighted by atomic mass is 16.1. The van der Waals surface area contributed by atoms with Crippen LogP contribution in [0.3, 0.4) is 0 Å². The lowest BCUT2D eigenvalue weighted by molar-refractivity contribution is -0.119. The van der Waals surface area contributed by atoms with Gasteiger partial charge in [-0.2, -0.15) is 0 Å². The van der Waals surface area contributed by atoms with Crippen molar-refractivity contribution in [2.45, 2.75) is 32.7 Å². The first-order valence-corrected chi connectivity index (χ1v) is 6.45. The van der Waals surface area contributed by atoms with E-state index in [4.69, 9.17) is 0 Å². The number of carbonyl (C=O) groups excluding carboxylic acids is 1. The van der Waals surface area contributed by atoms with Gasteiger partial charge in [-0.05, 0) is 25.7 Å². The SMILES string of the molecule is CC(=O)NCC1CCN(C2=NCC(C)N2)CC1. The van der Waals surface area contributed by atoms with Gasteiger partial charge in [-0.3, -0.25) is 9.79 Å². The van der Waals surface area contributed by atoms with E-state index in [9.17, 15) is 4.79 Å². The summed E-state index contributed by atoms with van der Waals surface area (Å²) in [6.07, 6.45) is 2.27. The lowest BCUT2D eigenvalue weighted by Gasteiger charge is -2.33. The van der Waals surface area contributed by atoms with Crippen LogP contribution in [0.4, 0.5) is 0 Å². The normalized spacial score (nSPS) is 25.4. The summed E-state index contributed by atoms with van der Waals surface area (Å²) in [7, 11) is 0. The van der Waals surface area contributed by atoms with E-state index in [-0.39, 0.29) is 5.91 Å². The van der Waals surface area contributed by atoms with Crippen LogP contribution >= 0.6 is 0 Å². The smallest absolute Gasteiger partial charge is 0.216 e. The van der Waals surface area contributed by atoms with E-state index in [1.54, 1.807) is 6.92 Å². The monoisotopic (exact) mass is 238 g/mol. The van der Waals surface area contributed by atoms with Gasteiger partial charge in [-0.25, -0.2) is 0 Å². The fourth-order valence-corrected chi connectivity index (χ4v) is 2.36. The number of aliphatic imine (C=N–C) groups is 1. The summed E-state index contributed by atoms with van der Waals surface area (Å²) in [4.78, 5) is 17.7. The third kappa shape index (κ3) is 3.35. The van der Waals surface area contributed by atoms with Crippen LogP contribution in [0.5, 0.6) is 0 Å². The number of hydrogen-bond acceptors (Lipinski definition) is 4. The number of nitrogens with one attached hydrogen (secondary N) is 2. The van der Waals surface area contributed by atoms with Gasteiger partial charge in [0.15, 0.2) is 5.96 Å². The minimum absolute atomic E-state index is 0.0723. The average molecular weight is 238 g/mol. The Hall–Kier alpha value is -1.26. The van der Waals surface area contributed by atoms with Gasteiger partial charge in [0.1, 0.15) is 0 Å². The average Bonchev–Trinajstić information content (AvgIpc) is 2.74. The van der Waals surface area contributed by atoms with Crippen LogP contribution < -0.4 is 10.6 Å². The van der Waals surface area contributed by atoms with Crippen molar-refractivity contribution in [2.75, 3.05) is 26.2 Å². The van der Waals surface area contributed by atoms with Crippen molar-refractivity contribution in [2.24, 2.45) is 10.9 Å². The zero-order valence-electron chi connectivity index (χ0n) is 10.7. The Bertz CT molecular complexity index is 308. The zero-order valence-corrected chi connectivity index (χ0v) is 10.7. The van der Waals surface area contributed by atoms with E-state index >= 15 is 0 Å². The van der Waals surface area contributed by atoms with Crippen molar-refractivity contribution < 1.29 is 4.79 Å². The Balaban J connectivity index is 1.73. The lowest BCUT2D eigenvalue weighted by atomic mass is 9.97. The molecule has 2 rings (SSSR count). The molecule has 0 radical (unpaired) electrons. The quantitative estimate of drug-likeness (QED) is 0.721. The molecule has 0 aromatic rings. The predicted octanol–water partition coefficient (Wildman–Crippen LogP) is 0.182. The topological polar surface area (TPSA) is 56.7 Å². The summed E-state index contributed by atoms with van der Waals surface area (Å²) in [5, 5.41) is 6.30. The van der Waals surface area contributed by atoms with Gasteiger partial charge < -0.3 is 15.5 Å². The van der Waals surface area contributed by atoms with Crippen LogP contribution in [-0.2, 0) is 4.79 Å². The van der Waals surface area contributed by atoms with Gasteiger partial charge in [-0.15, -0.1) is 0 Å². The fraction of sp³-hybridized carbons (Fsp3) is 0.833. The summed E-state index contributed by atoms with van der Waals surface area (Å²) in [6.45, 7) is 7.53. The molecule has 2 aliphatic heterocycles. The van der Waals surface area contributed by atoms with Gasteiger partial charge in [0.05, 0.1) is 6.54 Å². The van der Waals surface area contributed by atoms with E-state index in [1.807, 2.05) is 0 Å². The highest BCUT2D eigenvalue weighted by Crippen LogP contribution is 2.17. The molecular formula is C12H22N4O. The van der Waals surface area contributed by atoms with E-state index < -0.39 is 0 Å². The molecule has 2 aliphatic rings. The molecule has 5 heteroatoms. The van der Waals surface area contributed by atoms with Gasteiger partial charge in [0.2, 0.25) is 5.91 Å². The van der Waals surface area contributed by atoms with Gasteiger partial charge >= 0.3 is 0 Å². The molecule has 0 bridgehead atoms. The molecule has 1 fully saturated rings. The summed E-state index contributed by atoms with van der Waals surface area (Å²) in [5.74, 6) is 1.76. The zero-order chi connectivity index (χ0) is 12.3. The van der Waals surface area contributed by atoms with Crippen LogP contribution in [-0.4, -0.2) is 49.0 Å². The van der Waals surface area contributed by atoms with Crippen LogP contribution in [0, 0.1) is 5.92 Å². The number of amides is 1. The van der Waals surface area contributed by atoms with Crippen molar-refractivity contribution in [1.29, 1.82) is 0 Å². The molecule has 0 spiro atoms. The largest absolute Gasteiger partial charge is 0.356 e. The van der Waals surface area contributed by atoms with Crippen LogP contribution in [0.15, 0.2) is 4.99 Å². The molecule has 2 N–H and O–H groups in total. The Labute approximate surface area is 103 Å². The maximum absolute atomic E-state index is 10.8. The minimum atomic E-state index is 0.0723. The summed E-state index contributed by atoms with van der Waals surface area (Å²) >= 11 is 0. The molecule has 96 valence electrons. The predicted molar refractivity (Wildman–Crippen MR) is 67.9 cm³/mol. The second-order valence-corrected chi connectivity index (χ2v) is 5.08. The van der Waals surface area contributed by atoms with Crippen molar-refractivity contribution in [1.82, 2.24) is 15.5 Å². The maximum Gasteiger partial charge on any atom is 0.216 e. The molecule has 5 nitrogen and oxygen atoms in total. The van der Waals surface area contributed by atoms with E-state index in [0.29, 0.717) is 12.0 Å². The number of rotatable bonds is 2. The number of guanidine groups is 1. The van der Waals surface area contributed by atoms with E-state index in [1.165, 1.54) is 0 Å². The first-order valence-electron chi connectivity index (χ1n) is 6.45. The van der Waals surface area contributed by atoms with Crippen molar-refractivity contribution in [3.05, 3.63) is 0 Å². The molecule has 1 saturated heterocycles. The van der Waals surface area contributed by atoms with Gasteiger partial charge in [-0.1, -0.05) is 0 Å². The number of hydrogen-bond donors (Lipinski definition) is 2. The Morgan fingerprint density at radius 1 is 1.53 bits per heavy atom. The molecule has 2 heterocycles. The van der Waals surface area contributed by atoms with Crippen molar-refractivity contribution >= 4 is 11.9 Å². The first-order chi connectivity index (χ1) is 8.15. The van der Waals surface area contributed by atoms with Gasteiger partial charge in [0, 0.05) is 32.6 Å². The van der Waals surface area contributed by atoms with Crippen molar-refractivity contribution in [3.8, 4) is 0 Å². The lowest BCUT2D eigenvalue weighted by Crippen LogP contribution is -2.46. The summed E-state index contributed by atoms with van der Waals surface area (Å²) < 4.78 is 0. The highest BCUT2D eigenvalue weighted by Gasteiger charge is 2.24. The molecule has 0 saturated carbocycles. The molecule has 1 unspecified atom stereocenters. The third-order valence-corrected chi connectivity index (χ3v) is 3.44. The van der Waals surface area contributed by atoms with Gasteiger partial charge in [0.25, 0.3) is 0 Å². The fourth-order valence-electron chi connectivity index (χ4n) is 2.36. The van der Waals surface area contributed by atoms with E-state index in [0.717, 1.165) is 45.0 Å². The molecule has 0 aromatic carbocycles. The molecule has 17 heavy (non-hydrogen) atoms. The maximum atomic E-state index is 10.8. The first kappa shape index (κ1) is 12.2. The molecule has 0 aromatic heterocycles. The summed E-state index contributed by atoms with van der Waals surface area (Å²) in [5.41, 5.74) is 0. The Morgan fingerprint density at radius 3 is 2.76 bits per heavy atom. The Kier molecular flexibility index (Phi) is 3.86. The highest BCUT2D eigenvalue weighted by molar-refractivity contribution is 5.82. The standard InChI is InChI=1S/C12H22N4O/c1-9-7-14-12(15-9)16-5-3-11(4-6-16)8-13-10(2)17/h9,11H,3-8H2,1-2H3,(H,13,17)(H,14,15). The Morgan fingerprint density at radius 2 is 2.24 bits per heavy atom. The van der Waals surface area contributed by atoms with Crippen LogP contribution in [0.1, 0.15) is 26.7 Å². The second kappa shape index (κ2) is 5.38. The summed E-state index contributed by atoms with van der Waals surface area (Å²) in [6, 6.07) is 0.474. The third-order valence-electron chi connectivity index (χ3n) is 3.44. The number of piperidine rings is 1. The second-order valence-electron chi connectivity index (χ2n) is 5.08. The number of likely N-dealkylation sites (tertiary alicyclic amines) is 1. The van der Waals surface area contributed by atoms with E-state index in [2.05, 4.69) is 27.4 Å². The number of carbonyl (C=O) groups is 1. The number of nitrogens with zero attached hydrogens (tertiary/aromatic N) is 2. The molecule has 1 amide bonds. The van der Waals surface area contributed by atoms with Crippen LogP contribution in [0.2, 0.25) is 0 Å². The van der Waals surface area contributed by atoms with Crippen molar-refractivity contribution in [3.63, 3.8) is 0 Å². The molecule has 0 aliphatic carbocycles. The van der Waals surface area contributed by atoms with Crippen LogP contribution in [0.25, 0.3) is 0 Å². The minimum Gasteiger partial charge on any atom is -0.356 e. The molecule has 1 atom stereocenters. The molecular weight excluding hydrogens is 216 g/mol.